The highest BCUT2D eigenvalue weighted by molar-refractivity contribution is 6.12. The normalized spacial score (nSPS) is 14.8. The fourth-order valence-corrected chi connectivity index (χ4v) is 3.97. The molecular weight excluding hydrogens is 406 g/mol. The monoisotopic (exact) mass is 433 g/mol. The molecule has 2 aromatic carbocycles. The van der Waals surface area contributed by atoms with Crippen molar-refractivity contribution in [1.29, 1.82) is 0 Å². The lowest BCUT2D eigenvalue weighted by atomic mass is 10.0. The number of hydrogen-bond donors (Lipinski definition) is 2. The third kappa shape index (κ3) is 4.61. The molecule has 0 saturated carbocycles. The first-order valence-corrected chi connectivity index (χ1v) is 10.6. The van der Waals surface area contributed by atoms with E-state index in [2.05, 4.69) is 10.6 Å². The summed E-state index contributed by atoms with van der Waals surface area (Å²) in [6.45, 7) is 5.29. The van der Waals surface area contributed by atoms with Gasteiger partial charge in [0.15, 0.2) is 5.78 Å². The highest BCUT2D eigenvalue weighted by atomic mass is 16.2. The molecule has 0 spiro atoms. The minimum atomic E-state index is -0.712. The Morgan fingerprint density at radius 3 is 2.53 bits per heavy atom. The summed E-state index contributed by atoms with van der Waals surface area (Å²) in [5.74, 6) is -0.472. The van der Waals surface area contributed by atoms with Gasteiger partial charge in [-0.25, -0.2) is 4.79 Å². The summed E-state index contributed by atoms with van der Waals surface area (Å²) in [6.07, 6.45) is 3.00. The van der Waals surface area contributed by atoms with Crippen molar-refractivity contribution >= 4 is 35.4 Å². The first kappa shape index (κ1) is 22.9. The number of allylic oxidation sites excluding steroid dienone is 1. The Balaban J connectivity index is 1.83. The van der Waals surface area contributed by atoms with Gasteiger partial charge < -0.3 is 15.4 Å². The smallest absolute Gasteiger partial charge is 0.319 e. The molecule has 2 N–H and O–H groups in total. The average Bonchev–Trinajstić information content (AvgIpc) is 3.06. The standard InChI is InChI=1S/C25H27N3O4/c1-4-21-19-11-7-10-18(15-26-25(32)27-20-12-6-5-9-16(20)2)23(19)24(31)28(21)22(17(3)30)13-8-14-29/h4-7,9-12,14,22H,8,13,15H2,1-3H3,(H2,26,27,32)/b21-4-. The zero-order valence-electron chi connectivity index (χ0n) is 18.5. The Kier molecular flexibility index (Phi) is 7.20. The predicted molar refractivity (Wildman–Crippen MR) is 123 cm³/mol. The van der Waals surface area contributed by atoms with E-state index >= 15 is 0 Å². The van der Waals surface area contributed by atoms with Gasteiger partial charge in [-0.2, -0.15) is 0 Å². The maximum atomic E-state index is 13.4. The molecule has 1 aliphatic rings. The van der Waals surface area contributed by atoms with Crippen molar-refractivity contribution in [1.82, 2.24) is 10.2 Å². The molecule has 7 heteroatoms. The molecule has 0 aliphatic carbocycles. The van der Waals surface area contributed by atoms with Gasteiger partial charge in [0.05, 0.1) is 11.6 Å². The molecule has 2 aromatic rings. The fraction of sp³-hybridized carbons (Fsp3) is 0.280. The van der Waals surface area contributed by atoms with E-state index in [-0.39, 0.29) is 37.1 Å². The lowest BCUT2D eigenvalue weighted by Crippen LogP contribution is -2.40. The average molecular weight is 434 g/mol. The first-order chi connectivity index (χ1) is 15.4. The van der Waals surface area contributed by atoms with Crippen molar-refractivity contribution in [3.8, 4) is 0 Å². The third-order valence-corrected chi connectivity index (χ3v) is 5.56. The van der Waals surface area contributed by atoms with E-state index in [0.717, 1.165) is 11.8 Å². The molecule has 1 atom stereocenters. The molecule has 32 heavy (non-hydrogen) atoms. The van der Waals surface area contributed by atoms with Gasteiger partial charge in [0.1, 0.15) is 6.29 Å². The van der Waals surface area contributed by atoms with Gasteiger partial charge in [-0.3, -0.25) is 14.5 Å². The summed E-state index contributed by atoms with van der Waals surface area (Å²) in [5.41, 5.74) is 4.13. The summed E-state index contributed by atoms with van der Waals surface area (Å²) in [6, 6.07) is 11.8. The summed E-state index contributed by atoms with van der Waals surface area (Å²) in [4.78, 5) is 50.5. The third-order valence-electron chi connectivity index (χ3n) is 5.56. The molecule has 1 heterocycles. The Hall–Kier alpha value is -3.74. The van der Waals surface area contributed by atoms with Crippen molar-refractivity contribution < 1.29 is 19.2 Å². The van der Waals surface area contributed by atoms with Crippen LogP contribution in [0.5, 0.6) is 0 Å². The van der Waals surface area contributed by atoms with E-state index in [9.17, 15) is 19.2 Å². The number of rotatable bonds is 8. The number of Topliss-reactive ketones (excluding diaryl/α,β-unsaturated/α-hetero) is 1. The number of carbonyl (C=O) groups is 4. The largest absolute Gasteiger partial charge is 0.334 e. The minimum absolute atomic E-state index is 0.149. The molecule has 166 valence electrons. The number of benzene rings is 2. The fourth-order valence-electron chi connectivity index (χ4n) is 3.97. The maximum absolute atomic E-state index is 13.4. The summed E-state index contributed by atoms with van der Waals surface area (Å²) < 4.78 is 0. The number of urea groups is 1. The number of nitrogens with zero attached hydrogens (tertiary/aromatic N) is 1. The van der Waals surface area contributed by atoms with Crippen LogP contribution in [0.2, 0.25) is 0 Å². The van der Waals surface area contributed by atoms with Crippen LogP contribution in [0.4, 0.5) is 10.5 Å². The van der Waals surface area contributed by atoms with Gasteiger partial charge in [0.25, 0.3) is 5.91 Å². The van der Waals surface area contributed by atoms with Crippen LogP contribution in [0.3, 0.4) is 0 Å². The van der Waals surface area contributed by atoms with E-state index in [1.165, 1.54) is 11.8 Å². The summed E-state index contributed by atoms with van der Waals surface area (Å²) >= 11 is 0. The number of amides is 3. The highest BCUT2D eigenvalue weighted by Gasteiger charge is 2.39. The van der Waals surface area contributed by atoms with Gasteiger partial charge >= 0.3 is 6.03 Å². The van der Waals surface area contributed by atoms with E-state index in [1.807, 2.05) is 50.2 Å². The number of ketones is 1. The maximum Gasteiger partial charge on any atom is 0.319 e. The van der Waals surface area contributed by atoms with Crippen LogP contribution in [-0.2, 0) is 16.1 Å². The van der Waals surface area contributed by atoms with Crippen molar-refractivity contribution in [2.45, 2.75) is 46.2 Å². The van der Waals surface area contributed by atoms with Crippen LogP contribution in [0.25, 0.3) is 5.70 Å². The number of fused-ring (bicyclic) bond motifs is 1. The van der Waals surface area contributed by atoms with Crippen molar-refractivity contribution in [3.63, 3.8) is 0 Å². The number of aldehydes is 1. The topological polar surface area (TPSA) is 95.6 Å². The molecule has 0 bridgehead atoms. The molecule has 7 nitrogen and oxygen atoms in total. The SMILES string of the molecule is C/C=C1/c2cccc(CNC(=O)Nc3ccccc3C)c2C(=O)N1C(CCC=O)C(C)=O. The predicted octanol–water partition coefficient (Wildman–Crippen LogP) is 4.07. The number of anilines is 1. The van der Waals surface area contributed by atoms with Gasteiger partial charge in [-0.15, -0.1) is 0 Å². The van der Waals surface area contributed by atoms with Gasteiger partial charge in [0.2, 0.25) is 0 Å². The van der Waals surface area contributed by atoms with Gasteiger partial charge in [-0.05, 0) is 44.4 Å². The summed E-state index contributed by atoms with van der Waals surface area (Å²) in [7, 11) is 0. The molecule has 0 radical (unpaired) electrons. The molecular formula is C25H27N3O4. The quantitative estimate of drug-likeness (QED) is 0.614. The Bertz CT molecular complexity index is 1090. The van der Waals surface area contributed by atoms with Crippen molar-refractivity contribution in [3.05, 3.63) is 70.8 Å². The van der Waals surface area contributed by atoms with E-state index in [4.69, 9.17) is 0 Å². The van der Waals surface area contributed by atoms with Crippen LogP contribution >= 0.6 is 0 Å². The number of hydrogen-bond acceptors (Lipinski definition) is 4. The second-order valence-electron chi connectivity index (χ2n) is 7.68. The van der Waals surface area contributed by atoms with Crippen molar-refractivity contribution in [2.75, 3.05) is 5.32 Å². The van der Waals surface area contributed by atoms with E-state index < -0.39 is 6.04 Å². The van der Waals surface area contributed by atoms with Crippen LogP contribution in [0.1, 0.15) is 53.7 Å². The second kappa shape index (κ2) is 10.0. The Morgan fingerprint density at radius 2 is 1.88 bits per heavy atom. The lowest BCUT2D eigenvalue weighted by Gasteiger charge is -2.26. The number of nitrogens with one attached hydrogen (secondary N) is 2. The lowest BCUT2D eigenvalue weighted by molar-refractivity contribution is -0.120. The van der Waals surface area contributed by atoms with E-state index in [0.29, 0.717) is 28.1 Å². The molecule has 0 saturated heterocycles. The number of para-hydroxylation sites is 1. The van der Waals surface area contributed by atoms with E-state index in [1.54, 1.807) is 12.1 Å². The Morgan fingerprint density at radius 1 is 1.12 bits per heavy atom. The highest BCUT2D eigenvalue weighted by Crippen LogP contribution is 2.37. The van der Waals surface area contributed by atoms with Gasteiger partial charge in [-0.1, -0.05) is 42.5 Å². The second-order valence-corrected chi connectivity index (χ2v) is 7.68. The molecule has 1 aliphatic heterocycles. The summed E-state index contributed by atoms with van der Waals surface area (Å²) in [5, 5.41) is 5.62. The van der Waals surface area contributed by atoms with Crippen LogP contribution < -0.4 is 10.6 Å². The van der Waals surface area contributed by atoms with Gasteiger partial charge in [0, 0.05) is 29.9 Å². The molecule has 3 rings (SSSR count). The minimum Gasteiger partial charge on any atom is -0.334 e. The first-order valence-electron chi connectivity index (χ1n) is 10.6. The Labute approximate surface area is 187 Å². The molecule has 1 unspecified atom stereocenters. The molecule has 3 amide bonds. The molecule has 0 aromatic heterocycles. The van der Waals surface area contributed by atoms with Crippen molar-refractivity contribution in [2.24, 2.45) is 0 Å². The zero-order chi connectivity index (χ0) is 23.3. The number of carbonyl (C=O) groups excluding carboxylic acids is 4. The molecule has 0 fully saturated rings. The number of aryl methyl sites for hydroxylation is 1. The zero-order valence-corrected chi connectivity index (χ0v) is 18.5. The van der Waals surface area contributed by atoms with Crippen LogP contribution in [0.15, 0.2) is 48.5 Å². The van der Waals surface area contributed by atoms with Crippen LogP contribution in [-0.4, -0.2) is 34.9 Å². The van der Waals surface area contributed by atoms with Crippen LogP contribution in [0, 0.1) is 6.92 Å².